The highest BCUT2D eigenvalue weighted by Crippen LogP contribution is 2.17. The Hall–Kier alpha value is -2.41. The molecule has 0 aliphatic carbocycles. The van der Waals surface area contributed by atoms with Gasteiger partial charge in [-0.1, -0.05) is 0 Å². The van der Waals surface area contributed by atoms with Crippen molar-refractivity contribution >= 4 is 17.3 Å². The Kier molecular flexibility index (Phi) is 3.24. The van der Waals surface area contributed by atoms with Crippen molar-refractivity contribution in [2.45, 2.75) is 13.8 Å². The van der Waals surface area contributed by atoms with Gasteiger partial charge in [-0.05, 0) is 26.0 Å². The number of nitrogens with zero attached hydrogens (tertiary/aromatic N) is 2. The molecule has 7 nitrogen and oxygen atoms in total. The van der Waals surface area contributed by atoms with Gasteiger partial charge < -0.3 is 10.7 Å². The highest BCUT2D eigenvalue weighted by Gasteiger charge is 2.13. The van der Waals surface area contributed by atoms with Crippen LogP contribution in [0.15, 0.2) is 18.3 Å². The van der Waals surface area contributed by atoms with E-state index in [1.807, 2.05) is 13.8 Å². The summed E-state index contributed by atoms with van der Waals surface area (Å²) in [7, 11) is 0. The van der Waals surface area contributed by atoms with Crippen molar-refractivity contribution in [3.05, 3.63) is 35.4 Å². The van der Waals surface area contributed by atoms with Gasteiger partial charge in [0.25, 0.3) is 5.91 Å². The number of anilines is 2. The Bertz CT molecular complexity index is 557. The van der Waals surface area contributed by atoms with Crippen LogP contribution in [0.25, 0.3) is 0 Å². The average molecular weight is 246 g/mol. The van der Waals surface area contributed by atoms with Crippen LogP contribution in [0.1, 0.15) is 21.9 Å². The van der Waals surface area contributed by atoms with E-state index in [1.165, 1.54) is 6.20 Å². The van der Waals surface area contributed by atoms with Gasteiger partial charge in [-0.25, -0.2) is 0 Å². The van der Waals surface area contributed by atoms with Crippen molar-refractivity contribution in [2.24, 2.45) is 5.84 Å². The first kappa shape index (κ1) is 12.1. The largest absolute Gasteiger partial charge is 0.324 e. The maximum Gasteiger partial charge on any atom is 0.274 e. The summed E-state index contributed by atoms with van der Waals surface area (Å²) >= 11 is 0. The minimum absolute atomic E-state index is 0.283. The summed E-state index contributed by atoms with van der Waals surface area (Å²) in [6.07, 6.45) is 1.51. The lowest BCUT2D eigenvalue weighted by atomic mass is 10.2. The summed E-state index contributed by atoms with van der Waals surface area (Å²) in [4.78, 5) is 16.0. The SMILES string of the molecule is Cc1n[nH]c(C)c1NC(=O)c1cc(NN)ccn1. The van der Waals surface area contributed by atoms with Crippen LogP contribution < -0.4 is 16.6 Å². The van der Waals surface area contributed by atoms with Crippen molar-refractivity contribution < 1.29 is 4.79 Å². The van der Waals surface area contributed by atoms with Crippen LogP contribution in [0, 0.1) is 13.8 Å². The summed E-state index contributed by atoms with van der Waals surface area (Å²) in [6.45, 7) is 3.64. The van der Waals surface area contributed by atoms with Crippen LogP contribution in [-0.4, -0.2) is 21.1 Å². The first-order valence-electron chi connectivity index (χ1n) is 5.37. The molecule has 2 aromatic heterocycles. The monoisotopic (exact) mass is 246 g/mol. The number of amides is 1. The first-order chi connectivity index (χ1) is 8.61. The Morgan fingerprint density at radius 2 is 2.22 bits per heavy atom. The quantitative estimate of drug-likeness (QED) is 0.476. The predicted molar refractivity (Wildman–Crippen MR) is 68.1 cm³/mol. The molecule has 5 N–H and O–H groups in total. The van der Waals surface area contributed by atoms with Crippen molar-refractivity contribution in [3.8, 4) is 0 Å². The molecular weight excluding hydrogens is 232 g/mol. The minimum Gasteiger partial charge on any atom is -0.324 e. The number of nitrogen functional groups attached to an aromatic ring is 1. The molecule has 0 saturated carbocycles. The molecule has 2 rings (SSSR count). The summed E-state index contributed by atoms with van der Waals surface area (Å²) in [5.74, 6) is 4.97. The predicted octanol–water partition coefficient (Wildman–Crippen LogP) is 0.959. The van der Waals surface area contributed by atoms with Crippen molar-refractivity contribution in [3.63, 3.8) is 0 Å². The molecule has 94 valence electrons. The van der Waals surface area contributed by atoms with Crippen molar-refractivity contribution in [1.82, 2.24) is 15.2 Å². The fourth-order valence-electron chi connectivity index (χ4n) is 1.56. The third-order valence-corrected chi connectivity index (χ3v) is 2.53. The smallest absolute Gasteiger partial charge is 0.274 e. The number of nitrogens with one attached hydrogen (secondary N) is 3. The van der Waals surface area contributed by atoms with Crippen LogP contribution in [0.2, 0.25) is 0 Å². The summed E-state index contributed by atoms with van der Waals surface area (Å²) in [6, 6.07) is 3.24. The third kappa shape index (κ3) is 2.30. The van der Waals surface area contributed by atoms with E-state index >= 15 is 0 Å². The highest BCUT2D eigenvalue weighted by molar-refractivity contribution is 6.03. The molecule has 0 fully saturated rings. The molecule has 0 bridgehead atoms. The second-order valence-corrected chi connectivity index (χ2v) is 3.84. The normalized spacial score (nSPS) is 10.2. The van der Waals surface area contributed by atoms with Crippen LogP contribution in [-0.2, 0) is 0 Å². The molecule has 2 heterocycles. The van der Waals surface area contributed by atoms with Gasteiger partial charge in [-0.3, -0.25) is 20.7 Å². The number of carbonyl (C=O) groups excluding carboxylic acids is 1. The number of hydrogen-bond donors (Lipinski definition) is 4. The number of H-pyrrole nitrogens is 1. The van der Waals surface area contributed by atoms with Crippen molar-refractivity contribution in [1.29, 1.82) is 0 Å². The van der Waals surface area contributed by atoms with Gasteiger partial charge in [-0.2, -0.15) is 5.10 Å². The summed E-state index contributed by atoms with van der Waals surface area (Å²) in [5.41, 5.74) is 5.57. The molecule has 7 heteroatoms. The number of aryl methyl sites for hydroxylation is 2. The van der Waals surface area contributed by atoms with Gasteiger partial charge in [0.15, 0.2) is 0 Å². The van der Waals surface area contributed by atoms with Gasteiger partial charge >= 0.3 is 0 Å². The number of nitrogens with two attached hydrogens (primary N) is 1. The average Bonchev–Trinajstić information content (AvgIpc) is 2.70. The highest BCUT2D eigenvalue weighted by atomic mass is 16.1. The molecule has 0 radical (unpaired) electrons. The zero-order valence-electron chi connectivity index (χ0n) is 10.1. The van der Waals surface area contributed by atoms with E-state index in [-0.39, 0.29) is 11.6 Å². The van der Waals surface area contributed by atoms with E-state index in [2.05, 4.69) is 25.9 Å². The Morgan fingerprint density at radius 3 is 2.83 bits per heavy atom. The maximum atomic E-state index is 12.0. The Labute approximate surface area is 104 Å². The molecule has 2 aromatic rings. The zero-order valence-corrected chi connectivity index (χ0v) is 10.1. The summed E-state index contributed by atoms with van der Waals surface area (Å²) in [5, 5.41) is 9.57. The first-order valence-corrected chi connectivity index (χ1v) is 5.37. The number of hydrogen-bond acceptors (Lipinski definition) is 5. The van der Waals surface area contributed by atoms with Crippen LogP contribution in [0.4, 0.5) is 11.4 Å². The van der Waals surface area contributed by atoms with Gasteiger partial charge in [0.05, 0.1) is 22.8 Å². The van der Waals surface area contributed by atoms with Gasteiger partial charge in [-0.15, -0.1) is 0 Å². The van der Waals surface area contributed by atoms with Crippen LogP contribution in [0.3, 0.4) is 0 Å². The summed E-state index contributed by atoms with van der Waals surface area (Å²) < 4.78 is 0. The number of pyridine rings is 1. The van der Waals surface area contributed by atoms with E-state index in [9.17, 15) is 4.79 Å². The van der Waals surface area contributed by atoms with Crippen LogP contribution in [0.5, 0.6) is 0 Å². The third-order valence-electron chi connectivity index (χ3n) is 2.53. The lowest BCUT2D eigenvalue weighted by Gasteiger charge is -2.06. The zero-order chi connectivity index (χ0) is 13.1. The molecule has 0 aliphatic heterocycles. The topological polar surface area (TPSA) is 109 Å². The molecular formula is C11H14N6O. The van der Waals surface area contributed by atoms with Crippen molar-refractivity contribution in [2.75, 3.05) is 10.7 Å². The molecule has 0 unspecified atom stereocenters. The minimum atomic E-state index is -0.306. The molecule has 1 amide bonds. The van der Waals surface area contributed by atoms with E-state index in [0.717, 1.165) is 11.4 Å². The van der Waals surface area contributed by atoms with E-state index in [0.29, 0.717) is 11.4 Å². The standard InChI is InChI=1S/C11H14N6O/c1-6-10(7(2)17-16-6)14-11(18)9-5-8(15-12)3-4-13-9/h3-5H,12H2,1-2H3,(H,13,15)(H,14,18)(H,16,17). The number of carbonyl (C=O) groups is 1. The van der Waals surface area contributed by atoms with Gasteiger partial charge in [0.2, 0.25) is 0 Å². The lowest BCUT2D eigenvalue weighted by Crippen LogP contribution is -2.15. The fraction of sp³-hybridized carbons (Fsp3) is 0.182. The van der Waals surface area contributed by atoms with Gasteiger partial charge in [0.1, 0.15) is 5.69 Å². The molecule has 0 atom stereocenters. The lowest BCUT2D eigenvalue weighted by molar-refractivity contribution is 0.102. The maximum absolute atomic E-state index is 12.0. The second kappa shape index (κ2) is 4.84. The number of rotatable bonds is 3. The Balaban J connectivity index is 2.22. The number of aromatic amines is 1. The molecule has 0 aliphatic rings. The van der Waals surface area contributed by atoms with E-state index in [4.69, 9.17) is 5.84 Å². The van der Waals surface area contributed by atoms with E-state index < -0.39 is 0 Å². The Morgan fingerprint density at radius 1 is 1.44 bits per heavy atom. The second-order valence-electron chi connectivity index (χ2n) is 3.84. The molecule has 0 saturated heterocycles. The number of hydrazine groups is 1. The fourth-order valence-corrected chi connectivity index (χ4v) is 1.56. The van der Waals surface area contributed by atoms with Gasteiger partial charge in [0, 0.05) is 6.20 Å². The molecule has 18 heavy (non-hydrogen) atoms. The van der Waals surface area contributed by atoms with E-state index in [1.54, 1.807) is 12.1 Å². The molecule has 0 spiro atoms. The van der Waals surface area contributed by atoms with Crippen LogP contribution >= 0.6 is 0 Å². The number of aromatic nitrogens is 3. The molecule has 0 aromatic carbocycles.